The number of carbonyl (C=O) groups is 1. The maximum absolute atomic E-state index is 12.9. The summed E-state index contributed by atoms with van der Waals surface area (Å²) in [5.41, 5.74) is 10.4. The van der Waals surface area contributed by atoms with Crippen molar-refractivity contribution < 1.29 is 4.79 Å². The van der Waals surface area contributed by atoms with Gasteiger partial charge < -0.3 is 4.90 Å². The molecule has 0 spiro atoms. The van der Waals surface area contributed by atoms with E-state index in [-0.39, 0.29) is 12.5 Å². The van der Waals surface area contributed by atoms with Gasteiger partial charge in [-0.2, -0.15) is 0 Å². The number of fused-ring (bicyclic) bond motifs is 1. The summed E-state index contributed by atoms with van der Waals surface area (Å²) in [7, 11) is 0. The Hall–Kier alpha value is -2.03. The molecule has 2 heterocycles. The highest BCUT2D eigenvalue weighted by molar-refractivity contribution is 14.1. The number of pyridine rings is 1. The average molecular weight is 469 g/mol. The average Bonchev–Trinajstić information content (AvgIpc) is 2.63. The van der Waals surface area contributed by atoms with Crippen molar-refractivity contribution in [2.24, 2.45) is 5.11 Å². The molecule has 1 aliphatic heterocycles. The summed E-state index contributed by atoms with van der Waals surface area (Å²) in [4.78, 5) is 23.7. The molecular formula is C16H14ClIN6O. The molecule has 0 aliphatic carbocycles. The van der Waals surface area contributed by atoms with Crippen LogP contribution in [0.15, 0.2) is 47.6 Å². The maximum Gasteiger partial charge on any atom is 0.250 e. The first-order valence-corrected chi connectivity index (χ1v) is 9.41. The van der Waals surface area contributed by atoms with E-state index in [1.165, 1.54) is 0 Å². The Balaban J connectivity index is 2.09. The number of amides is 1. The second kappa shape index (κ2) is 7.90. The van der Waals surface area contributed by atoms with Gasteiger partial charge in [-0.1, -0.05) is 69.6 Å². The van der Waals surface area contributed by atoms with E-state index in [9.17, 15) is 4.79 Å². The molecule has 0 fully saturated rings. The van der Waals surface area contributed by atoms with E-state index in [1.54, 1.807) is 17.0 Å². The lowest BCUT2D eigenvalue weighted by Crippen LogP contribution is -2.54. The van der Waals surface area contributed by atoms with Crippen LogP contribution in [0.25, 0.3) is 10.4 Å². The zero-order valence-corrected chi connectivity index (χ0v) is 16.0. The molecule has 7 nitrogen and oxygen atoms in total. The number of halogens is 2. The van der Waals surface area contributed by atoms with Gasteiger partial charge in [0.2, 0.25) is 0 Å². The number of benzene rings is 1. The van der Waals surface area contributed by atoms with Crippen LogP contribution in [0, 0.1) is 0 Å². The highest BCUT2D eigenvalue weighted by atomic mass is 127. The van der Waals surface area contributed by atoms with Gasteiger partial charge in [-0.25, -0.2) is 4.98 Å². The van der Waals surface area contributed by atoms with E-state index in [1.807, 2.05) is 35.2 Å². The van der Waals surface area contributed by atoms with Crippen molar-refractivity contribution in [1.82, 2.24) is 4.98 Å². The van der Waals surface area contributed by atoms with Gasteiger partial charge in [0.25, 0.3) is 5.91 Å². The minimum atomic E-state index is -0.621. The fourth-order valence-electron chi connectivity index (χ4n) is 2.80. The Bertz CT molecular complexity index is 827. The molecular weight excluding hydrogens is 455 g/mol. The Morgan fingerprint density at radius 2 is 2.04 bits per heavy atom. The van der Waals surface area contributed by atoms with Gasteiger partial charge in [-0.3, -0.25) is 9.69 Å². The van der Waals surface area contributed by atoms with E-state index >= 15 is 0 Å². The summed E-state index contributed by atoms with van der Waals surface area (Å²) in [5.74, 6) is 0.500. The van der Waals surface area contributed by atoms with Crippen LogP contribution in [0.3, 0.4) is 0 Å². The zero-order chi connectivity index (χ0) is 17.8. The molecule has 0 saturated carbocycles. The van der Waals surface area contributed by atoms with Gasteiger partial charge in [0, 0.05) is 11.5 Å². The normalized spacial score (nSPS) is 16.4. The molecule has 1 aromatic heterocycles. The predicted molar refractivity (Wildman–Crippen MR) is 106 cm³/mol. The first kappa shape index (κ1) is 17.8. The molecule has 1 aliphatic rings. The summed E-state index contributed by atoms with van der Waals surface area (Å²) >= 11 is 8.23. The van der Waals surface area contributed by atoms with Gasteiger partial charge >= 0.3 is 0 Å². The summed E-state index contributed by atoms with van der Waals surface area (Å²) < 4.78 is 0.471. The third kappa shape index (κ3) is 3.65. The number of aromatic nitrogens is 1. The van der Waals surface area contributed by atoms with E-state index in [4.69, 9.17) is 17.1 Å². The highest BCUT2D eigenvalue weighted by Gasteiger charge is 2.38. The molecule has 0 saturated heterocycles. The SMILES string of the molecule is [N-]=[N+]=NC[C@@H]1C(=O)N(CI)c2ccc(Cl)nc2N1Cc1ccccc1. The number of hydrogen-bond donors (Lipinski definition) is 0. The lowest BCUT2D eigenvalue weighted by atomic mass is 10.1. The zero-order valence-electron chi connectivity index (χ0n) is 13.1. The topological polar surface area (TPSA) is 85.2 Å². The smallest absolute Gasteiger partial charge is 0.250 e. The van der Waals surface area contributed by atoms with Gasteiger partial charge in [0.15, 0.2) is 5.82 Å². The minimum absolute atomic E-state index is 0.0307. The van der Waals surface area contributed by atoms with E-state index in [0.29, 0.717) is 27.8 Å². The van der Waals surface area contributed by atoms with Crippen LogP contribution in [-0.2, 0) is 11.3 Å². The summed E-state index contributed by atoms with van der Waals surface area (Å²) in [5, 5.41) is 3.98. The first-order valence-electron chi connectivity index (χ1n) is 7.51. The van der Waals surface area contributed by atoms with Crippen LogP contribution >= 0.6 is 34.2 Å². The Morgan fingerprint density at radius 3 is 2.72 bits per heavy atom. The van der Waals surface area contributed by atoms with Crippen LogP contribution in [0.5, 0.6) is 0 Å². The van der Waals surface area contributed by atoms with Crippen molar-refractivity contribution >= 4 is 51.6 Å². The maximum atomic E-state index is 12.9. The number of anilines is 2. The van der Waals surface area contributed by atoms with Crippen molar-refractivity contribution in [2.75, 3.05) is 20.9 Å². The van der Waals surface area contributed by atoms with Gasteiger partial charge in [-0.15, -0.1) is 0 Å². The molecule has 9 heteroatoms. The highest BCUT2D eigenvalue weighted by Crippen LogP contribution is 2.37. The number of azide groups is 1. The van der Waals surface area contributed by atoms with Gasteiger partial charge in [0.1, 0.15) is 11.2 Å². The lowest BCUT2D eigenvalue weighted by molar-refractivity contribution is -0.119. The number of nitrogens with zero attached hydrogens (tertiary/aromatic N) is 6. The third-order valence-electron chi connectivity index (χ3n) is 3.94. The van der Waals surface area contributed by atoms with Crippen LogP contribution in [-0.4, -0.2) is 28.0 Å². The van der Waals surface area contributed by atoms with Crippen LogP contribution in [0.4, 0.5) is 11.5 Å². The quantitative estimate of drug-likeness (QED) is 0.126. The Labute approximate surface area is 163 Å². The largest absolute Gasteiger partial charge is 0.338 e. The molecule has 128 valence electrons. The van der Waals surface area contributed by atoms with E-state index < -0.39 is 6.04 Å². The molecule has 25 heavy (non-hydrogen) atoms. The molecule has 1 aromatic carbocycles. The van der Waals surface area contributed by atoms with Gasteiger partial charge in [0.05, 0.1) is 16.8 Å². The van der Waals surface area contributed by atoms with Crippen molar-refractivity contribution in [3.63, 3.8) is 0 Å². The summed E-state index contributed by atoms with van der Waals surface area (Å²) in [6, 6.07) is 12.6. The van der Waals surface area contributed by atoms with E-state index in [2.05, 4.69) is 37.6 Å². The Kier molecular flexibility index (Phi) is 5.62. The fraction of sp³-hybridized carbons (Fsp3) is 0.250. The summed E-state index contributed by atoms with van der Waals surface area (Å²) in [6.07, 6.45) is 0. The van der Waals surface area contributed by atoms with E-state index in [0.717, 1.165) is 5.56 Å². The van der Waals surface area contributed by atoms with Crippen LogP contribution in [0.2, 0.25) is 5.15 Å². The van der Waals surface area contributed by atoms with Crippen LogP contribution < -0.4 is 9.80 Å². The monoisotopic (exact) mass is 468 g/mol. The fourth-order valence-corrected chi connectivity index (χ4v) is 3.65. The predicted octanol–water partition coefficient (Wildman–Crippen LogP) is 4.16. The van der Waals surface area contributed by atoms with Crippen molar-refractivity contribution in [3.05, 3.63) is 63.6 Å². The number of hydrogen-bond acceptors (Lipinski definition) is 4. The summed E-state index contributed by atoms with van der Waals surface area (Å²) in [6.45, 7) is 0.497. The molecule has 0 radical (unpaired) electrons. The minimum Gasteiger partial charge on any atom is -0.338 e. The number of alkyl halides is 1. The molecule has 0 N–H and O–H groups in total. The van der Waals surface area contributed by atoms with Gasteiger partial charge in [-0.05, 0) is 23.2 Å². The van der Waals surface area contributed by atoms with Crippen molar-refractivity contribution in [2.45, 2.75) is 12.6 Å². The molecule has 0 unspecified atom stereocenters. The molecule has 3 rings (SSSR count). The molecule has 0 bridgehead atoms. The molecule has 1 amide bonds. The van der Waals surface area contributed by atoms with Crippen molar-refractivity contribution in [3.8, 4) is 0 Å². The number of rotatable bonds is 5. The second-order valence-electron chi connectivity index (χ2n) is 5.41. The standard InChI is InChI=1S/C16H14ClIN6O/c17-14-7-6-12-15(21-14)23(9-11-4-2-1-3-5-11)13(8-20-22-19)16(25)24(12)10-18/h1-7,13H,8-10H2/t13-/m1/s1. The van der Waals surface area contributed by atoms with Crippen molar-refractivity contribution in [1.29, 1.82) is 0 Å². The number of carbonyl (C=O) groups excluding carboxylic acids is 1. The Morgan fingerprint density at radius 1 is 1.28 bits per heavy atom. The van der Waals surface area contributed by atoms with Crippen LogP contribution in [0.1, 0.15) is 5.56 Å². The second-order valence-corrected chi connectivity index (χ2v) is 6.47. The third-order valence-corrected chi connectivity index (χ3v) is 4.84. The molecule has 2 aromatic rings. The first-order chi connectivity index (χ1) is 12.2. The lowest BCUT2D eigenvalue weighted by Gasteiger charge is -2.41. The molecule has 1 atom stereocenters.